The average Bonchev–Trinajstić information content (AvgIpc) is 3.61. The van der Waals surface area contributed by atoms with Crippen molar-refractivity contribution in [2.45, 2.75) is 44.4 Å². The van der Waals surface area contributed by atoms with Gasteiger partial charge in [0.2, 0.25) is 5.91 Å². The van der Waals surface area contributed by atoms with Crippen molar-refractivity contribution in [3.8, 4) is 0 Å². The first-order valence-electron chi connectivity index (χ1n) is 11.4. The van der Waals surface area contributed by atoms with Gasteiger partial charge < -0.3 is 19.4 Å². The smallest absolute Gasteiger partial charge is 0.266 e. The van der Waals surface area contributed by atoms with Crippen LogP contribution in [-0.2, 0) is 25.6 Å². The molecule has 1 aromatic carbocycles. The molecule has 0 unspecified atom stereocenters. The Balaban J connectivity index is 1.33. The fourth-order valence-electron chi connectivity index (χ4n) is 4.56. The third-order valence-corrected chi connectivity index (χ3v) is 7.63. The van der Waals surface area contributed by atoms with E-state index in [4.69, 9.17) is 21.7 Å². The third-order valence-electron chi connectivity index (χ3n) is 6.25. The molecule has 2 atom stereocenters. The standard InChI is InChI=1S/C24H27N3O4S2/c28-22(25-12-17-5-3-9-30-17)15-26-13-16(19-7-1-2-8-20(19)26)11-21-23(29)27(24(32)33-21)14-18-6-4-10-31-18/h1-2,7-8,11,13,17-18H,3-6,9-10,12,14-15H2,(H,25,28)/b21-11-/t17-,18-/m1/s1. The fraction of sp³-hybridized carbons (Fsp3) is 0.458. The number of ether oxygens (including phenoxy) is 2. The van der Waals surface area contributed by atoms with Gasteiger partial charge in [-0.3, -0.25) is 14.5 Å². The molecular weight excluding hydrogens is 458 g/mol. The third kappa shape index (κ3) is 5.01. The Morgan fingerprint density at radius 3 is 2.70 bits per heavy atom. The summed E-state index contributed by atoms with van der Waals surface area (Å²) in [5, 5.41) is 3.97. The first-order chi connectivity index (χ1) is 16.1. The van der Waals surface area contributed by atoms with E-state index >= 15 is 0 Å². The van der Waals surface area contributed by atoms with Crippen molar-refractivity contribution in [3.05, 3.63) is 40.9 Å². The maximum absolute atomic E-state index is 13.1. The van der Waals surface area contributed by atoms with Gasteiger partial charge in [0.25, 0.3) is 5.91 Å². The molecule has 2 amide bonds. The van der Waals surface area contributed by atoms with Gasteiger partial charge in [-0.2, -0.15) is 0 Å². The lowest BCUT2D eigenvalue weighted by Crippen LogP contribution is -2.35. The predicted molar refractivity (Wildman–Crippen MR) is 133 cm³/mol. The molecule has 9 heteroatoms. The Kier molecular flexibility index (Phi) is 6.82. The SMILES string of the molecule is O=C(Cn1cc(/C=C2\SC(=S)N(C[C@H]3CCCO3)C2=O)c2ccccc21)NC[C@H]1CCCO1. The van der Waals surface area contributed by atoms with E-state index in [9.17, 15) is 9.59 Å². The van der Waals surface area contributed by atoms with Gasteiger partial charge in [0, 0.05) is 42.4 Å². The lowest BCUT2D eigenvalue weighted by Gasteiger charge is -2.18. The largest absolute Gasteiger partial charge is 0.376 e. The van der Waals surface area contributed by atoms with E-state index in [2.05, 4.69) is 5.32 Å². The molecular formula is C24H27N3O4S2. The number of fused-ring (bicyclic) bond motifs is 1. The summed E-state index contributed by atoms with van der Waals surface area (Å²) in [5.74, 6) is -0.132. The second kappa shape index (κ2) is 9.97. The molecule has 33 heavy (non-hydrogen) atoms. The van der Waals surface area contributed by atoms with Gasteiger partial charge in [-0.25, -0.2) is 0 Å². The van der Waals surface area contributed by atoms with Crippen molar-refractivity contribution in [1.82, 2.24) is 14.8 Å². The molecule has 1 aromatic heterocycles. The molecule has 0 spiro atoms. The van der Waals surface area contributed by atoms with E-state index in [1.807, 2.05) is 41.1 Å². The van der Waals surface area contributed by atoms with Gasteiger partial charge in [0.15, 0.2) is 0 Å². The quantitative estimate of drug-likeness (QED) is 0.479. The van der Waals surface area contributed by atoms with Crippen LogP contribution in [-0.4, -0.2) is 64.1 Å². The minimum Gasteiger partial charge on any atom is -0.376 e. The van der Waals surface area contributed by atoms with Crippen LogP contribution in [0.4, 0.5) is 0 Å². The molecule has 7 nitrogen and oxygen atoms in total. The zero-order valence-electron chi connectivity index (χ0n) is 18.3. The first-order valence-corrected chi connectivity index (χ1v) is 12.6. The molecule has 0 radical (unpaired) electrons. The highest BCUT2D eigenvalue weighted by Crippen LogP contribution is 2.35. The summed E-state index contributed by atoms with van der Waals surface area (Å²) < 4.78 is 13.8. The minimum atomic E-state index is -0.0772. The van der Waals surface area contributed by atoms with Crippen LogP contribution in [0, 0.1) is 0 Å². The summed E-state index contributed by atoms with van der Waals surface area (Å²) in [5.41, 5.74) is 1.85. The van der Waals surface area contributed by atoms with Crippen LogP contribution in [0.15, 0.2) is 35.4 Å². The highest BCUT2D eigenvalue weighted by Gasteiger charge is 2.34. The average molecular weight is 486 g/mol. The van der Waals surface area contributed by atoms with E-state index in [1.165, 1.54) is 11.8 Å². The lowest BCUT2D eigenvalue weighted by molar-refractivity contribution is -0.123. The van der Waals surface area contributed by atoms with Crippen LogP contribution in [0.25, 0.3) is 17.0 Å². The number of para-hydroxylation sites is 1. The van der Waals surface area contributed by atoms with Gasteiger partial charge in [-0.15, -0.1) is 0 Å². The summed E-state index contributed by atoms with van der Waals surface area (Å²) in [4.78, 5) is 27.9. The van der Waals surface area contributed by atoms with Crippen LogP contribution < -0.4 is 5.32 Å². The number of nitrogens with zero attached hydrogens (tertiary/aromatic N) is 2. The number of aromatic nitrogens is 1. The van der Waals surface area contributed by atoms with E-state index in [0.29, 0.717) is 22.3 Å². The number of nitrogens with one attached hydrogen (secondary N) is 1. The molecule has 5 rings (SSSR count). The molecule has 4 heterocycles. The number of rotatable bonds is 7. The molecule has 174 valence electrons. The van der Waals surface area contributed by atoms with Gasteiger partial charge >= 0.3 is 0 Å². The molecule has 2 aromatic rings. The number of hydrogen-bond acceptors (Lipinski definition) is 6. The fourth-order valence-corrected chi connectivity index (χ4v) is 5.82. The van der Waals surface area contributed by atoms with Crippen molar-refractivity contribution in [2.75, 3.05) is 26.3 Å². The van der Waals surface area contributed by atoms with E-state index in [0.717, 1.165) is 55.4 Å². The Labute approximate surface area is 202 Å². The van der Waals surface area contributed by atoms with Crippen molar-refractivity contribution in [3.63, 3.8) is 0 Å². The zero-order valence-corrected chi connectivity index (χ0v) is 20.0. The van der Waals surface area contributed by atoms with Crippen LogP contribution in [0.3, 0.4) is 0 Å². The second-order valence-corrected chi connectivity index (χ2v) is 10.3. The predicted octanol–water partition coefficient (Wildman–Crippen LogP) is 3.32. The number of hydrogen-bond donors (Lipinski definition) is 1. The number of thiocarbonyl (C=S) groups is 1. The molecule has 3 aliphatic rings. The summed E-state index contributed by atoms with van der Waals surface area (Å²) in [6.07, 6.45) is 8.01. The van der Waals surface area contributed by atoms with Gasteiger partial charge in [-0.1, -0.05) is 42.2 Å². The number of carbonyl (C=O) groups is 2. The van der Waals surface area contributed by atoms with Crippen LogP contribution in [0.1, 0.15) is 31.2 Å². The highest BCUT2D eigenvalue weighted by atomic mass is 32.2. The van der Waals surface area contributed by atoms with E-state index in [-0.39, 0.29) is 30.6 Å². The van der Waals surface area contributed by atoms with Crippen LogP contribution >= 0.6 is 24.0 Å². The van der Waals surface area contributed by atoms with Crippen LogP contribution in [0.5, 0.6) is 0 Å². The van der Waals surface area contributed by atoms with Crippen molar-refractivity contribution < 1.29 is 19.1 Å². The molecule has 3 saturated heterocycles. The summed E-state index contributed by atoms with van der Waals surface area (Å²) in [7, 11) is 0. The highest BCUT2D eigenvalue weighted by molar-refractivity contribution is 8.26. The summed E-state index contributed by atoms with van der Waals surface area (Å²) in [6, 6.07) is 7.91. The minimum absolute atomic E-state index is 0.0549. The maximum atomic E-state index is 13.1. The zero-order chi connectivity index (χ0) is 22.8. The number of amides is 2. The van der Waals surface area contributed by atoms with Crippen molar-refractivity contribution in [2.24, 2.45) is 0 Å². The molecule has 0 aliphatic carbocycles. The Bertz CT molecular complexity index is 1100. The van der Waals surface area contributed by atoms with Gasteiger partial charge in [0.05, 0.1) is 23.7 Å². The topological polar surface area (TPSA) is 72.8 Å². The molecule has 3 fully saturated rings. The molecule has 1 N–H and O–H groups in total. The molecule has 0 saturated carbocycles. The van der Waals surface area contributed by atoms with E-state index < -0.39 is 0 Å². The molecule has 3 aliphatic heterocycles. The van der Waals surface area contributed by atoms with E-state index in [1.54, 1.807) is 4.90 Å². The number of benzene rings is 1. The van der Waals surface area contributed by atoms with Crippen LogP contribution in [0.2, 0.25) is 0 Å². The lowest BCUT2D eigenvalue weighted by atomic mass is 10.1. The maximum Gasteiger partial charge on any atom is 0.266 e. The second-order valence-electron chi connectivity index (χ2n) is 8.60. The monoisotopic (exact) mass is 485 g/mol. The Morgan fingerprint density at radius 1 is 1.18 bits per heavy atom. The molecule has 0 bridgehead atoms. The first kappa shape index (κ1) is 22.6. The normalized spacial score (nSPS) is 24.5. The van der Waals surface area contributed by atoms with Gasteiger partial charge in [0.1, 0.15) is 10.9 Å². The Hall–Kier alpha value is -2.20. The van der Waals surface area contributed by atoms with Gasteiger partial charge in [-0.05, 0) is 37.8 Å². The number of carbonyl (C=O) groups excluding carboxylic acids is 2. The summed E-state index contributed by atoms with van der Waals surface area (Å²) >= 11 is 6.81. The Morgan fingerprint density at radius 2 is 1.94 bits per heavy atom. The number of thioether (sulfide) groups is 1. The summed E-state index contributed by atoms with van der Waals surface area (Å²) in [6.45, 7) is 2.77. The van der Waals surface area contributed by atoms with Crippen molar-refractivity contribution in [1.29, 1.82) is 0 Å². The van der Waals surface area contributed by atoms with Crippen molar-refractivity contribution >= 4 is 57.1 Å².